The number of fused-ring (bicyclic) bond motifs is 2. The van der Waals surface area contributed by atoms with Crippen molar-refractivity contribution < 1.29 is 23.2 Å². The number of carbonyl (C=O) groups is 3. The molecule has 1 spiro atoms. The minimum Gasteiger partial charge on any atom is -0.357 e. The Morgan fingerprint density at radius 3 is 2.46 bits per heavy atom. The third-order valence-electron chi connectivity index (χ3n) is 6.94. The van der Waals surface area contributed by atoms with Crippen LogP contribution in [0.25, 0.3) is 0 Å². The molecule has 1 fully saturated rings. The van der Waals surface area contributed by atoms with Crippen molar-refractivity contribution >= 4 is 47.1 Å². The van der Waals surface area contributed by atoms with Crippen molar-refractivity contribution in [1.29, 1.82) is 0 Å². The largest absolute Gasteiger partial charge is 0.357 e. The molecule has 2 aliphatic rings. The van der Waals surface area contributed by atoms with Gasteiger partial charge in [-0.2, -0.15) is 0 Å². The van der Waals surface area contributed by atoms with Gasteiger partial charge >= 0.3 is 0 Å². The van der Waals surface area contributed by atoms with Gasteiger partial charge in [-0.15, -0.1) is 0 Å². The van der Waals surface area contributed by atoms with Crippen LogP contribution in [0.3, 0.4) is 0 Å². The lowest BCUT2D eigenvalue weighted by atomic mass is 9.62. The SMILES string of the molecule is CC(C)(C)C[C@H]1N[C@@H](C(=O)NCCNC=O)[C@H](c2ccc(F)c(Cl)c2)[C@@]12C(=O)Nc1cc(Cl)c(F)cc12. The van der Waals surface area contributed by atoms with Crippen LogP contribution in [-0.2, 0) is 19.8 Å². The van der Waals surface area contributed by atoms with Gasteiger partial charge in [-0.3, -0.25) is 14.4 Å². The summed E-state index contributed by atoms with van der Waals surface area (Å²) in [4.78, 5) is 38.1. The van der Waals surface area contributed by atoms with E-state index in [9.17, 15) is 23.2 Å². The summed E-state index contributed by atoms with van der Waals surface area (Å²) in [5.74, 6) is -3.07. The number of hydrogen-bond donors (Lipinski definition) is 4. The Morgan fingerprint density at radius 2 is 1.81 bits per heavy atom. The zero-order valence-corrected chi connectivity index (χ0v) is 22.1. The van der Waals surface area contributed by atoms with Crippen LogP contribution in [0.15, 0.2) is 30.3 Å². The highest BCUT2D eigenvalue weighted by Crippen LogP contribution is 2.57. The maximum atomic E-state index is 14.9. The minimum atomic E-state index is -1.43. The number of anilines is 1. The second kappa shape index (κ2) is 10.2. The predicted molar refractivity (Wildman–Crippen MR) is 138 cm³/mol. The number of carbonyl (C=O) groups excluding carboxylic acids is 3. The van der Waals surface area contributed by atoms with Gasteiger partial charge in [0.1, 0.15) is 17.0 Å². The molecule has 37 heavy (non-hydrogen) atoms. The molecule has 1 saturated heterocycles. The number of halogens is 4. The highest BCUT2D eigenvalue weighted by atomic mass is 35.5. The summed E-state index contributed by atoms with van der Waals surface area (Å²) in [7, 11) is 0. The van der Waals surface area contributed by atoms with Crippen LogP contribution in [0, 0.1) is 17.0 Å². The molecule has 0 unspecified atom stereocenters. The van der Waals surface area contributed by atoms with Gasteiger partial charge in [0.25, 0.3) is 0 Å². The fourth-order valence-electron chi connectivity index (χ4n) is 5.57. The molecular formula is C26H28Cl2F2N4O3. The van der Waals surface area contributed by atoms with Gasteiger partial charge in [0, 0.05) is 30.7 Å². The first-order chi connectivity index (χ1) is 17.4. The van der Waals surface area contributed by atoms with Crippen molar-refractivity contribution in [3.8, 4) is 0 Å². The van der Waals surface area contributed by atoms with Crippen LogP contribution in [0.1, 0.15) is 44.2 Å². The van der Waals surface area contributed by atoms with Crippen molar-refractivity contribution in [2.45, 2.75) is 50.6 Å². The summed E-state index contributed by atoms with van der Waals surface area (Å²) < 4.78 is 29.0. The van der Waals surface area contributed by atoms with Gasteiger partial charge in [-0.25, -0.2) is 8.78 Å². The number of hydrogen-bond acceptors (Lipinski definition) is 4. The van der Waals surface area contributed by atoms with Gasteiger partial charge in [0.05, 0.1) is 16.1 Å². The Kier molecular flexibility index (Phi) is 7.52. The molecular weight excluding hydrogens is 525 g/mol. The lowest BCUT2D eigenvalue weighted by molar-refractivity contribution is -0.124. The van der Waals surface area contributed by atoms with E-state index in [2.05, 4.69) is 21.3 Å². The first-order valence-electron chi connectivity index (χ1n) is 11.9. The van der Waals surface area contributed by atoms with Crippen LogP contribution in [0.5, 0.6) is 0 Å². The van der Waals surface area contributed by atoms with Crippen molar-refractivity contribution in [2.24, 2.45) is 5.41 Å². The van der Waals surface area contributed by atoms with E-state index in [1.165, 1.54) is 30.3 Å². The van der Waals surface area contributed by atoms with Crippen LogP contribution >= 0.6 is 23.2 Å². The molecule has 4 N–H and O–H groups in total. The summed E-state index contributed by atoms with van der Waals surface area (Å²) in [5.41, 5.74) is -0.558. The molecule has 0 radical (unpaired) electrons. The van der Waals surface area contributed by atoms with E-state index in [-0.39, 0.29) is 28.5 Å². The maximum Gasteiger partial charge on any atom is 0.237 e. The zero-order valence-electron chi connectivity index (χ0n) is 20.6. The molecule has 4 rings (SSSR count). The fourth-order valence-corrected chi connectivity index (χ4v) is 5.92. The summed E-state index contributed by atoms with van der Waals surface area (Å²) in [6.07, 6.45) is 0.975. The molecule has 0 bridgehead atoms. The minimum absolute atomic E-state index is 0.146. The Hall–Kier alpha value is -2.75. The summed E-state index contributed by atoms with van der Waals surface area (Å²) in [5, 5.41) is 11.1. The average Bonchev–Trinajstić information content (AvgIpc) is 3.28. The van der Waals surface area contributed by atoms with E-state index in [0.717, 1.165) is 0 Å². The second-order valence-corrected chi connectivity index (χ2v) is 11.4. The highest BCUT2D eigenvalue weighted by Gasteiger charge is 2.65. The molecule has 3 amide bonds. The van der Waals surface area contributed by atoms with Crippen LogP contribution < -0.4 is 21.3 Å². The third-order valence-corrected chi connectivity index (χ3v) is 7.52. The highest BCUT2D eigenvalue weighted by molar-refractivity contribution is 6.31. The second-order valence-electron chi connectivity index (χ2n) is 10.6. The van der Waals surface area contributed by atoms with E-state index >= 15 is 0 Å². The smallest absolute Gasteiger partial charge is 0.237 e. The average molecular weight is 553 g/mol. The lowest BCUT2D eigenvalue weighted by Crippen LogP contribution is -2.49. The normalized spacial score (nSPS) is 24.6. The van der Waals surface area contributed by atoms with Gasteiger partial charge < -0.3 is 21.3 Å². The van der Waals surface area contributed by atoms with Gasteiger partial charge in [-0.1, -0.05) is 50.0 Å². The third kappa shape index (κ3) is 4.92. The van der Waals surface area contributed by atoms with Crippen molar-refractivity contribution in [2.75, 3.05) is 18.4 Å². The van der Waals surface area contributed by atoms with E-state index in [1.54, 1.807) is 0 Å². The maximum absolute atomic E-state index is 14.9. The topological polar surface area (TPSA) is 99.3 Å². The summed E-state index contributed by atoms with van der Waals surface area (Å²) in [6.45, 7) is 6.36. The quantitative estimate of drug-likeness (QED) is 0.309. The Bertz CT molecular complexity index is 1250. The van der Waals surface area contributed by atoms with Crippen molar-refractivity contribution in [3.63, 3.8) is 0 Å². The number of amides is 3. The molecule has 7 nitrogen and oxygen atoms in total. The van der Waals surface area contributed by atoms with Gasteiger partial charge in [0.15, 0.2) is 0 Å². The predicted octanol–water partition coefficient (Wildman–Crippen LogP) is 3.88. The van der Waals surface area contributed by atoms with Crippen LogP contribution in [0.2, 0.25) is 10.0 Å². The van der Waals surface area contributed by atoms with Gasteiger partial charge in [0.2, 0.25) is 18.2 Å². The molecule has 2 aromatic carbocycles. The first-order valence-corrected chi connectivity index (χ1v) is 12.6. The first kappa shape index (κ1) is 27.3. The monoisotopic (exact) mass is 552 g/mol. The van der Waals surface area contributed by atoms with E-state index in [1.807, 2.05) is 20.8 Å². The number of nitrogens with one attached hydrogen (secondary N) is 4. The van der Waals surface area contributed by atoms with E-state index in [0.29, 0.717) is 29.6 Å². The molecule has 198 valence electrons. The van der Waals surface area contributed by atoms with E-state index < -0.39 is 46.9 Å². The Labute approximate surface area is 223 Å². The zero-order chi connectivity index (χ0) is 27.1. The van der Waals surface area contributed by atoms with Crippen LogP contribution in [-0.4, -0.2) is 43.4 Å². The molecule has 0 aliphatic carbocycles. The molecule has 0 saturated carbocycles. The van der Waals surface area contributed by atoms with Crippen molar-refractivity contribution in [1.82, 2.24) is 16.0 Å². The number of rotatable bonds is 7. The summed E-state index contributed by atoms with van der Waals surface area (Å²) in [6, 6.07) is 5.10. The standard InChI is InChI=1S/C26H28Cl2F2N4O3/c1-25(2,3)11-20-26(14-9-18(30)16(28)10-19(14)33-24(26)37)21(13-4-5-17(29)15(27)8-13)22(34-20)23(36)32-7-6-31-12-35/h4-5,8-10,12,20-22,34H,6-7,11H2,1-3H3,(H,31,35)(H,32,36)(H,33,37)/t20-,21+,22-,26+/m1/s1. The molecule has 4 atom stereocenters. The Morgan fingerprint density at radius 1 is 1.11 bits per heavy atom. The van der Waals surface area contributed by atoms with E-state index in [4.69, 9.17) is 23.2 Å². The van der Waals surface area contributed by atoms with Crippen molar-refractivity contribution in [3.05, 3.63) is 63.1 Å². The summed E-state index contributed by atoms with van der Waals surface area (Å²) >= 11 is 12.2. The van der Waals surface area contributed by atoms with Crippen LogP contribution in [0.4, 0.5) is 14.5 Å². The molecule has 2 aliphatic heterocycles. The molecule has 2 heterocycles. The van der Waals surface area contributed by atoms with Gasteiger partial charge in [-0.05, 0) is 47.2 Å². The molecule has 0 aromatic heterocycles. The number of benzene rings is 2. The molecule has 11 heteroatoms. The lowest BCUT2D eigenvalue weighted by Gasteiger charge is -2.37. The Balaban J connectivity index is 1.93. The fraction of sp³-hybridized carbons (Fsp3) is 0.423. The molecule has 2 aromatic rings.